The molecule has 12 heteroatoms. The molecule has 1 saturated heterocycles. The quantitative estimate of drug-likeness (QED) is 0.518. The van der Waals surface area contributed by atoms with E-state index in [4.69, 9.17) is 16.3 Å². The molecular formula is C26H30ClFN4O5S. The maximum Gasteiger partial charge on any atom is 0.338 e. The first-order valence-electron chi connectivity index (χ1n) is 12.3. The van der Waals surface area contributed by atoms with Gasteiger partial charge >= 0.3 is 12.0 Å². The second-order valence-electron chi connectivity index (χ2n) is 9.06. The van der Waals surface area contributed by atoms with Gasteiger partial charge in [0, 0.05) is 43.9 Å². The van der Waals surface area contributed by atoms with Crippen LogP contribution in [0.4, 0.5) is 9.18 Å². The molecule has 0 aliphatic carbocycles. The van der Waals surface area contributed by atoms with Crippen molar-refractivity contribution in [2.75, 3.05) is 46.4 Å². The molecule has 2 aliphatic rings. The monoisotopic (exact) mass is 564 g/mol. The molecule has 38 heavy (non-hydrogen) atoms. The topological polar surface area (TPSA) is 99.3 Å². The van der Waals surface area contributed by atoms with Gasteiger partial charge in [0.2, 0.25) is 10.0 Å². The van der Waals surface area contributed by atoms with Gasteiger partial charge < -0.3 is 10.1 Å². The average molecular weight is 565 g/mol. The summed E-state index contributed by atoms with van der Waals surface area (Å²) >= 11 is 5.92. The highest BCUT2D eigenvalue weighted by molar-refractivity contribution is 7.89. The van der Waals surface area contributed by atoms with Gasteiger partial charge in [0.05, 0.1) is 23.1 Å². The molecule has 204 valence electrons. The first-order valence-corrected chi connectivity index (χ1v) is 14.1. The lowest BCUT2D eigenvalue weighted by Crippen LogP contribution is -2.49. The largest absolute Gasteiger partial charge is 0.463 e. The van der Waals surface area contributed by atoms with Gasteiger partial charge in [-0.2, -0.15) is 4.31 Å². The van der Waals surface area contributed by atoms with Crippen molar-refractivity contribution in [3.8, 4) is 0 Å². The molecule has 1 atom stereocenters. The van der Waals surface area contributed by atoms with Crippen molar-refractivity contribution in [2.45, 2.75) is 24.3 Å². The van der Waals surface area contributed by atoms with Crippen LogP contribution in [0.25, 0.3) is 0 Å². The molecule has 1 fully saturated rings. The zero-order chi connectivity index (χ0) is 27.4. The normalized spacial score (nSPS) is 19.7. The van der Waals surface area contributed by atoms with Crippen LogP contribution in [0.3, 0.4) is 0 Å². The third-order valence-electron chi connectivity index (χ3n) is 6.65. The molecule has 0 spiro atoms. The van der Waals surface area contributed by atoms with Gasteiger partial charge in [-0.25, -0.2) is 22.4 Å². The van der Waals surface area contributed by atoms with Gasteiger partial charge in [0.1, 0.15) is 5.82 Å². The predicted octanol–water partition coefficient (Wildman–Crippen LogP) is 3.39. The number of carbonyl (C=O) groups excluding carboxylic acids is 2. The van der Waals surface area contributed by atoms with E-state index in [1.807, 2.05) is 4.90 Å². The molecule has 4 rings (SSSR count). The van der Waals surface area contributed by atoms with Gasteiger partial charge in [-0.05, 0) is 61.9 Å². The van der Waals surface area contributed by atoms with Gasteiger partial charge in [-0.1, -0.05) is 23.7 Å². The third kappa shape index (κ3) is 6.01. The molecule has 0 radical (unpaired) electrons. The van der Waals surface area contributed by atoms with Crippen molar-refractivity contribution in [1.82, 2.24) is 19.4 Å². The fourth-order valence-electron chi connectivity index (χ4n) is 4.62. The SMILES string of the molecule is CCOC(=O)C1=C(CN2CCCN(S(=O)(=O)c3ccc(Cl)cc3)CC2)N(C)C(=O)NC1c1ccc(F)cc1. The smallest absolute Gasteiger partial charge is 0.338 e. The Hall–Kier alpha value is -2.99. The highest BCUT2D eigenvalue weighted by Crippen LogP contribution is 2.32. The molecule has 0 aromatic heterocycles. The third-order valence-corrected chi connectivity index (χ3v) is 8.81. The predicted molar refractivity (Wildman–Crippen MR) is 140 cm³/mol. The Morgan fingerprint density at radius 2 is 1.76 bits per heavy atom. The van der Waals surface area contributed by atoms with Crippen LogP contribution in [-0.2, 0) is 19.6 Å². The Kier molecular flexibility index (Phi) is 8.71. The van der Waals surface area contributed by atoms with Crippen molar-refractivity contribution in [3.05, 3.63) is 76.2 Å². The molecule has 2 aromatic rings. The van der Waals surface area contributed by atoms with E-state index < -0.39 is 33.9 Å². The number of urea groups is 1. The Labute approximate surface area is 226 Å². The van der Waals surface area contributed by atoms with Gasteiger partial charge in [0.15, 0.2) is 0 Å². The molecule has 1 unspecified atom stereocenters. The molecule has 0 bridgehead atoms. The lowest BCUT2D eigenvalue weighted by molar-refractivity contribution is -0.139. The van der Waals surface area contributed by atoms with E-state index in [2.05, 4.69) is 5.32 Å². The summed E-state index contributed by atoms with van der Waals surface area (Å²) < 4.78 is 46.7. The molecule has 2 aromatic carbocycles. The molecule has 9 nitrogen and oxygen atoms in total. The second-order valence-corrected chi connectivity index (χ2v) is 11.4. The summed E-state index contributed by atoms with van der Waals surface area (Å²) in [5.41, 5.74) is 1.26. The van der Waals surface area contributed by atoms with Crippen molar-refractivity contribution < 1.29 is 27.1 Å². The minimum Gasteiger partial charge on any atom is -0.463 e. The van der Waals surface area contributed by atoms with E-state index in [0.717, 1.165) is 0 Å². The molecule has 2 heterocycles. The molecular weight excluding hydrogens is 535 g/mol. The number of rotatable bonds is 7. The number of nitrogens with one attached hydrogen (secondary N) is 1. The Bertz CT molecular complexity index is 1320. The molecule has 2 amide bonds. The van der Waals surface area contributed by atoms with Crippen molar-refractivity contribution in [1.29, 1.82) is 0 Å². The van der Waals surface area contributed by atoms with E-state index in [1.54, 1.807) is 26.1 Å². The average Bonchev–Trinajstić information content (AvgIpc) is 3.13. The number of amides is 2. The van der Waals surface area contributed by atoms with E-state index in [0.29, 0.717) is 42.3 Å². The molecule has 0 saturated carbocycles. The first kappa shape index (κ1) is 28.0. The van der Waals surface area contributed by atoms with Crippen molar-refractivity contribution >= 4 is 33.6 Å². The minimum atomic E-state index is -3.70. The van der Waals surface area contributed by atoms with Crippen LogP contribution in [0.1, 0.15) is 24.9 Å². The van der Waals surface area contributed by atoms with Crippen LogP contribution in [0.5, 0.6) is 0 Å². The molecule has 2 aliphatic heterocycles. The highest BCUT2D eigenvalue weighted by Gasteiger charge is 2.38. The molecule has 1 N–H and O–H groups in total. The fourth-order valence-corrected chi connectivity index (χ4v) is 6.21. The van der Waals surface area contributed by atoms with Crippen LogP contribution < -0.4 is 5.32 Å². The summed E-state index contributed by atoms with van der Waals surface area (Å²) in [6.45, 7) is 3.59. The van der Waals surface area contributed by atoms with Crippen LogP contribution in [-0.4, -0.2) is 80.9 Å². The maximum absolute atomic E-state index is 13.6. The van der Waals surface area contributed by atoms with E-state index in [-0.39, 0.29) is 30.2 Å². The van der Waals surface area contributed by atoms with Crippen molar-refractivity contribution in [2.24, 2.45) is 0 Å². The number of esters is 1. The van der Waals surface area contributed by atoms with Gasteiger partial charge in [-0.3, -0.25) is 9.80 Å². The summed E-state index contributed by atoms with van der Waals surface area (Å²) in [7, 11) is -2.13. The lowest BCUT2D eigenvalue weighted by atomic mass is 9.94. The number of sulfonamides is 1. The standard InChI is InChI=1S/C26H30ClFN4O5S/c1-3-37-25(33)23-22(30(2)26(34)29-24(23)18-5-9-20(28)10-6-18)17-31-13-4-14-32(16-15-31)38(35,36)21-11-7-19(27)8-12-21/h5-12,24H,3-4,13-17H2,1-2H3,(H,29,34). The summed E-state index contributed by atoms with van der Waals surface area (Å²) in [4.78, 5) is 29.6. The summed E-state index contributed by atoms with van der Waals surface area (Å²) in [6.07, 6.45) is 0.562. The number of hydrogen-bond acceptors (Lipinski definition) is 6. The lowest BCUT2D eigenvalue weighted by Gasteiger charge is -2.36. The Morgan fingerprint density at radius 3 is 2.42 bits per heavy atom. The van der Waals surface area contributed by atoms with E-state index in [9.17, 15) is 22.4 Å². The number of likely N-dealkylation sites (N-methyl/N-ethyl adjacent to an activating group) is 1. The summed E-state index contributed by atoms with van der Waals surface area (Å²) in [6, 6.07) is 10.4. The van der Waals surface area contributed by atoms with Gasteiger partial charge in [0.25, 0.3) is 0 Å². The van der Waals surface area contributed by atoms with E-state index in [1.165, 1.54) is 45.6 Å². The highest BCUT2D eigenvalue weighted by atomic mass is 35.5. The maximum atomic E-state index is 13.6. The number of nitrogens with zero attached hydrogens (tertiary/aromatic N) is 3. The van der Waals surface area contributed by atoms with Gasteiger partial charge in [-0.15, -0.1) is 0 Å². The number of benzene rings is 2. The first-order chi connectivity index (χ1) is 18.1. The zero-order valence-corrected chi connectivity index (χ0v) is 22.8. The number of halogens is 2. The van der Waals surface area contributed by atoms with Crippen LogP contribution in [0.15, 0.2) is 64.7 Å². The Balaban J connectivity index is 1.61. The second kappa shape index (κ2) is 11.8. The van der Waals surface area contributed by atoms with E-state index >= 15 is 0 Å². The Morgan fingerprint density at radius 1 is 1.08 bits per heavy atom. The van der Waals surface area contributed by atoms with Crippen LogP contribution >= 0.6 is 11.6 Å². The fraction of sp³-hybridized carbons (Fsp3) is 0.385. The number of carbonyl (C=O) groups is 2. The zero-order valence-electron chi connectivity index (χ0n) is 21.2. The van der Waals surface area contributed by atoms with Crippen LogP contribution in [0, 0.1) is 5.82 Å². The van der Waals surface area contributed by atoms with Crippen molar-refractivity contribution in [3.63, 3.8) is 0 Å². The summed E-state index contributed by atoms with van der Waals surface area (Å²) in [5, 5.41) is 3.27. The number of ether oxygens (including phenoxy) is 1. The minimum absolute atomic E-state index is 0.143. The van der Waals surface area contributed by atoms with Crippen LogP contribution in [0.2, 0.25) is 5.02 Å². The number of hydrogen-bond donors (Lipinski definition) is 1. The summed E-state index contributed by atoms with van der Waals surface area (Å²) in [5.74, 6) is -1.01.